The standard InChI is InChI=1S/C25H38NO5PSi/c1-10-29-32(27,30-11-2)23(21-13-12-14-26-18-21)17-20-15-19(3)24(22(16-20)28-7)31-33(8,9)25(4,5)6/h12-18H,10-11H2,1-9H3/b23-17+. The number of aromatic nitrogens is 1. The smallest absolute Gasteiger partial charge is 0.361 e. The summed E-state index contributed by atoms with van der Waals surface area (Å²) in [5.74, 6) is 1.39. The Hall–Kier alpha value is -1.92. The third kappa shape index (κ3) is 6.57. The molecule has 2 rings (SSSR count). The van der Waals surface area contributed by atoms with Crippen molar-refractivity contribution in [1.29, 1.82) is 0 Å². The van der Waals surface area contributed by atoms with E-state index in [9.17, 15) is 4.57 Å². The van der Waals surface area contributed by atoms with Gasteiger partial charge in [0.25, 0.3) is 8.32 Å². The van der Waals surface area contributed by atoms with Crippen molar-refractivity contribution in [1.82, 2.24) is 4.98 Å². The maximum absolute atomic E-state index is 13.7. The summed E-state index contributed by atoms with van der Waals surface area (Å²) in [7, 11) is -4.00. The summed E-state index contributed by atoms with van der Waals surface area (Å²) in [6.07, 6.45) is 5.16. The summed E-state index contributed by atoms with van der Waals surface area (Å²) < 4.78 is 37.4. The van der Waals surface area contributed by atoms with Crippen molar-refractivity contribution in [3.8, 4) is 11.5 Å². The summed E-state index contributed by atoms with van der Waals surface area (Å²) in [6.45, 7) is 17.1. The lowest BCUT2D eigenvalue weighted by Crippen LogP contribution is -2.44. The molecule has 2 aromatic rings. The molecule has 0 saturated heterocycles. The molecule has 0 aliphatic carbocycles. The maximum atomic E-state index is 13.7. The monoisotopic (exact) mass is 491 g/mol. The molecule has 8 heteroatoms. The number of hydrogen-bond donors (Lipinski definition) is 0. The van der Waals surface area contributed by atoms with Crippen LogP contribution in [0, 0.1) is 6.92 Å². The van der Waals surface area contributed by atoms with Crippen LogP contribution in [0.1, 0.15) is 51.3 Å². The Labute approximate surface area is 200 Å². The lowest BCUT2D eigenvalue weighted by molar-refractivity contribution is 0.231. The molecule has 0 amide bonds. The van der Waals surface area contributed by atoms with Crippen LogP contribution in [0.2, 0.25) is 18.1 Å². The summed E-state index contributed by atoms with van der Waals surface area (Å²) in [4.78, 5) is 4.20. The second-order valence-corrected chi connectivity index (χ2v) is 16.1. The highest BCUT2D eigenvalue weighted by molar-refractivity contribution is 7.65. The summed E-state index contributed by atoms with van der Waals surface area (Å²) >= 11 is 0. The van der Waals surface area contributed by atoms with E-state index in [2.05, 4.69) is 38.8 Å². The van der Waals surface area contributed by atoms with Gasteiger partial charge in [0.05, 0.1) is 25.6 Å². The van der Waals surface area contributed by atoms with Gasteiger partial charge >= 0.3 is 7.60 Å². The Morgan fingerprint density at radius 1 is 1.15 bits per heavy atom. The van der Waals surface area contributed by atoms with Crippen LogP contribution in [0.15, 0.2) is 36.7 Å². The van der Waals surface area contributed by atoms with E-state index in [0.717, 1.165) is 16.9 Å². The van der Waals surface area contributed by atoms with Gasteiger partial charge in [-0.1, -0.05) is 26.8 Å². The van der Waals surface area contributed by atoms with Crippen molar-refractivity contribution >= 4 is 27.3 Å². The second kappa shape index (κ2) is 11.0. The van der Waals surface area contributed by atoms with E-state index in [1.807, 2.05) is 31.2 Å². The Balaban J connectivity index is 2.66. The SMILES string of the molecule is CCOP(=O)(OCC)/C(=C/c1cc(C)c(O[Si](C)(C)C(C)(C)C)c(OC)c1)c1cccnc1. The zero-order chi connectivity index (χ0) is 24.9. The normalized spacial score (nSPS) is 13.2. The van der Waals surface area contributed by atoms with Crippen molar-refractivity contribution in [2.75, 3.05) is 20.3 Å². The van der Waals surface area contributed by atoms with Gasteiger partial charge in [0.1, 0.15) is 5.75 Å². The maximum Gasteiger partial charge on any atom is 0.361 e. The predicted molar refractivity (Wildman–Crippen MR) is 139 cm³/mol. The zero-order valence-electron chi connectivity index (χ0n) is 21.4. The predicted octanol–water partition coefficient (Wildman–Crippen LogP) is 7.55. The van der Waals surface area contributed by atoms with E-state index >= 15 is 0 Å². The lowest BCUT2D eigenvalue weighted by Gasteiger charge is -2.37. The molecule has 0 bridgehead atoms. The van der Waals surface area contributed by atoms with Crippen LogP contribution in [0.3, 0.4) is 0 Å². The second-order valence-electron chi connectivity index (χ2n) is 9.34. The van der Waals surface area contributed by atoms with Crippen LogP contribution in [0.4, 0.5) is 0 Å². The Kier molecular flexibility index (Phi) is 9.11. The molecule has 0 N–H and O–H groups in total. The Morgan fingerprint density at radius 3 is 2.27 bits per heavy atom. The molecule has 0 spiro atoms. The number of ether oxygens (including phenoxy) is 1. The number of pyridine rings is 1. The third-order valence-corrected chi connectivity index (χ3v) is 12.3. The molecule has 0 atom stereocenters. The molecule has 6 nitrogen and oxygen atoms in total. The van der Waals surface area contributed by atoms with Gasteiger partial charge in [-0.15, -0.1) is 0 Å². The molecular formula is C25H38NO5PSi. The van der Waals surface area contributed by atoms with E-state index in [1.54, 1.807) is 39.4 Å². The fourth-order valence-corrected chi connectivity index (χ4v) is 5.92. The van der Waals surface area contributed by atoms with Crippen LogP contribution >= 0.6 is 7.60 Å². The van der Waals surface area contributed by atoms with Crippen LogP contribution < -0.4 is 9.16 Å². The summed E-state index contributed by atoms with van der Waals surface area (Å²) in [5, 5.41) is 0.511. The van der Waals surface area contributed by atoms with Crippen LogP contribution in [-0.4, -0.2) is 33.6 Å². The highest BCUT2D eigenvalue weighted by Crippen LogP contribution is 2.61. The van der Waals surface area contributed by atoms with Gasteiger partial charge in [0, 0.05) is 18.0 Å². The highest BCUT2D eigenvalue weighted by atomic mass is 31.2. The number of benzene rings is 1. The molecule has 0 radical (unpaired) electrons. The van der Waals surface area contributed by atoms with Gasteiger partial charge in [-0.05, 0) is 74.3 Å². The van der Waals surface area contributed by atoms with Crippen molar-refractivity contribution in [2.24, 2.45) is 0 Å². The molecular weight excluding hydrogens is 453 g/mol. The van der Waals surface area contributed by atoms with E-state index in [0.29, 0.717) is 16.6 Å². The molecule has 0 saturated carbocycles. The first kappa shape index (κ1) is 27.3. The molecule has 1 heterocycles. The first-order chi connectivity index (χ1) is 15.4. The zero-order valence-corrected chi connectivity index (χ0v) is 23.3. The molecule has 1 aromatic heterocycles. The summed E-state index contributed by atoms with van der Waals surface area (Å²) in [5.41, 5.74) is 2.44. The minimum atomic E-state index is -3.57. The molecule has 0 aliphatic heterocycles. The average molecular weight is 492 g/mol. The molecule has 0 unspecified atom stereocenters. The molecule has 0 aliphatic rings. The van der Waals surface area contributed by atoms with E-state index in [4.69, 9.17) is 18.2 Å². The number of rotatable bonds is 10. The molecule has 182 valence electrons. The largest absolute Gasteiger partial charge is 0.541 e. The number of aryl methyl sites for hydroxylation is 1. The minimum absolute atomic E-state index is 0.0537. The number of hydrogen-bond acceptors (Lipinski definition) is 6. The Morgan fingerprint density at radius 2 is 1.79 bits per heavy atom. The molecule has 33 heavy (non-hydrogen) atoms. The Bertz CT molecular complexity index is 1010. The highest BCUT2D eigenvalue weighted by Gasteiger charge is 2.40. The molecule has 0 fully saturated rings. The van der Waals surface area contributed by atoms with E-state index < -0.39 is 15.9 Å². The number of methoxy groups -OCH3 is 1. The molecule has 1 aromatic carbocycles. The van der Waals surface area contributed by atoms with Gasteiger partial charge < -0.3 is 18.2 Å². The van der Waals surface area contributed by atoms with Gasteiger partial charge in [0.15, 0.2) is 5.75 Å². The average Bonchev–Trinajstić information content (AvgIpc) is 2.73. The topological polar surface area (TPSA) is 66.9 Å². The number of nitrogens with zero attached hydrogens (tertiary/aromatic N) is 1. The summed E-state index contributed by atoms with van der Waals surface area (Å²) in [6, 6.07) is 7.55. The van der Waals surface area contributed by atoms with Crippen molar-refractivity contribution in [3.63, 3.8) is 0 Å². The van der Waals surface area contributed by atoms with E-state index in [-0.39, 0.29) is 18.3 Å². The van der Waals surface area contributed by atoms with Crippen LogP contribution in [0.25, 0.3) is 11.4 Å². The first-order valence-electron chi connectivity index (χ1n) is 11.3. The van der Waals surface area contributed by atoms with E-state index in [1.165, 1.54) is 0 Å². The van der Waals surface area contributed by atoms with Crippen molar-refractivity contribution < 1.29 is 22.8 Å². The van der Waals surface area contributed by atoms with Crippen molar-refractivity contribution in [3.05, 3.63) is 53.3 Å². The minimum Gasteiger partial charge on any atom is -0.541 e. The van der Waals surface area contributed by atoms with Crippen molar-refractivity contribution in [2.45, 2.75) is 59.7 Å². The lowest BCUT2D eigenvalue weighted by atomic mass is 10.1. The van der Waals surface area contributed by atoms with Gasteiger partial charge in [-0.25, -0.2) is 0 Å². The van der Waals surface area contributed by atoms with Gasteiger partial charge in [-0.3, -0.25) is 9.55 Å². The first-order valence-corrected chi connectivity index (χ1v) is 15.7. The van der Waals surface area contributed by atoms with Gasteiger partial charge in [-0.2, -0.15) is 0 Å². The van der Waals surface area contributed by atoms with Crippen LogP contribution in [0.5, 0.6) is 11.5 Å². The fraction of sp³-hybridized carbons (Fsp3) is 0.480. The van der Waals surface area contributed by atoms with Gasteiger partial charge in [0.2, 0.25) is 0 Å². The third-order valence-electron chi connectivity index (χ3n) is 5.80. The fourth-order valence-electron chi connectivity index (χ4n) is 3.05. The van der Waals surface area contributed by atoms with Crippen LogP contribution in [-0.2, 0) is 13.6 Å². The quantitative estimate of drug-likeness (QED) is 0.252.